The van der Waals surface area contributed by atoms with Crippen molar-refractivity contribution in [1.82, 2.24) is 5.32 Å². The Bertz CT molecular complexity index is 780. The van der Waals surface area contributed by atoms with Crippen LogP contribution < -0.4 is 10.1 Å². The van der Waals surface area contributed by atoms with Crippen molar-refractivity contribution >= 4 is 10.8 Å². The zero-order valence-electron chi connectivity index (χ0n) is 13.1. The molecule has 0 atom stereocenters. The number of nitrogens with one attached hydrogen (secondary N) is 1. The van der Waals surface area contributed by atoms with Gasteiger partial charge >= 0.3 is 0 Å². The summed E-state index contributed by atoms with van der Waals surface area (Å²) in [5, 5.41) is 5.96. The van der Waals surface area contributed by atoms with Gasteiger partial charge in [0.2, 0.25) is 0 Å². The Morgan fingerprint density at radius 2 is 1.55 bits per heavy atom. The second-order valence-electron chi connectivity index (χ2n) is 5.64. The molecule has 0 saturated carbocycles. The molecule has 0 unspecified atom stereocenters. The van der Waals surface area contributed by atoms with Gasteiger partial charge in [-0.1, -0.05) is 48.0 Å². The number of fused-ring (bicyclic) bond motifs is 1. The van der Waals surface area contributed by atoms with Crippen molar-refractivity contribution in [2.45, 2.75) is 20.0 Å². The largest absolute Gasteiger partial charge is 0.497 e. The summed E-state index contributed by atoms with van der Waals surface area (Å²) in [5.41, 5.74) is 3.93. The van der Waals surface area contributed by atoms with Crippen LogP contribution in [0.1, 0.15) is 16.7 Å². The Hall–Kier alpha value is -2.32. The molecule has 2 heteroatoms. The zero-order chi connectivity index (χ0) is 15.4. The fraction of sp³-hybridized carbons (Fsp3) is 0.200. The molecule has 0 aliphatic rings. The highest BCUT2D eigenvalue weighted by molar-refractivity contribution is 5.84. The summed E-state index contributed by atoms with van der Waals surface area (Å²) in [5.74, 6) is 0.901. The number of ether oxygens (including phenoxy) is 1. The normalized spacial score (nSPS) is 10.8. The maximum absolute atomic E-state index is 5.26. The summed E-state index contributed by atoms with van der Waals surface area (Å²) in [4.78, 5) is 0. The van der Waals surface area contributed by atoms with Crippen LogP contribution in [0.5, 0.6) is 5.75 Å². The third-order valence-electron chi connectivity index (χ3n) is 3.85. The summed E-state index contributed by atoms with van der Waals surface area (Å²) < 4.78 is 5.26. The third kappa shape index (κ3) is 3.46. The molecular weight excluding hydrogens is 270 g/mol. The fourth-order valence-corrected chi connectivity index (χ4v) is 2.68. The lowest BCUT2D eigenvalue weighted by molar-refractivity contribution is 0.415. The summed E-state index contributed by atoms with van der Waals surface area (Å²) >= 11 is 0. The molecule has 0 heterocycles. The van der Waals surface area contributed by atoms with Gasteiger partial charge in [0.15, 0.2) is 0 Å². The maximum Gasteiger partial charge on any atom is 0.119 e. The van der Waals surface area contributed by atoms with Gasteiger partial charge in [-0.05, 0) is 47.0 Å². The van der Waals surface area contributed by atoms with Gasteiger partial charge in [0.25, 0.3) is 0 Å². The average Bonchev–Trinajstić information content (AvgIpc) is 2.54. The molecule has 3 aromatic rings. The van der Waals surface area contributed by atoms with Gasteiger partial charge in [0.05, 0.1) is 7.11 Å². The molecule has 0 aliphatic carbocycles. The van der Waals surface area contributed by atoms with E-state index in [1.165, 1.54) is 27.5 Å². The number of hydrogen-bond donors (Lipinski definition) is 1. The van der Waals surface area contributed by atoms with Crippen molar-refractivity contribution in [2.24, 2.45) is 0 Å². The topological polar surface area (TPSA) is 21.3 Å². The van der Waals surface area contributed by atoms with Crippen LogP contribution in [0.4, 0.5) is 0 Å². The van der Waals surface area contributed by atoms with Crippen LogP contribution in [0.15, 0.2) is 60.7 Å². The van der Waals surface area contributed by atoms with E-state index in [0.717, 1.165) is 18.8 Å². The van der Waals surface area contributed by atoms with Crippen LogP contribution in [-0.4, -0.2) is 7.11 Å². The Morgan fingerprint density at radius 3 is 2.32 bits per heavy atom. The van der Waals surface area contributed by atoms with Crippen LogP contribution in [0.25, 0.3) is 10.8 Å². The standard InChI is InChI=1S/C20H21NO/c1-15-4-3-5-16(10-15)13-21-14-17-6-7-19-12-20(22-2)9-8-18(19)11-17/h3-12,21H,13-14H2,1-2H3. The predicted molar refractivity (Wildman–Crippen MR) is 92.2 cm³/mol. The quantitative estimate of drug-likeness (QED) is 0.750. The third-order valence-corrected chi connectivity index (χ3v) is 3.85. The smallest absolute Gasteiger partial charge is 0.119 e. The lowest BCUT2D eigenvalue weighted by atomic mass is 10.1. The van der Waals surface area contributed by atoms with Crippen LogP contribution in [0, 0.1) is 6.92 Å². The molecule has 3 aromatic carbocycles. The molecule has 0 aromatic heterocycles. The Balaban J connectivity index is 1.66. The van der Waals surface area contributed by atoms with Crippen LogP contribution >= 0.6 is 0 Å². The van der Waals surface area contributed by atoms with Gasteiger partial charge < -0.3 is 10.1 Å². The van der Waals surface area contributed by atoms with Crippen molar-refractivity contribution < 1.29 is 4.74 Å². The summed E-state index contributed by atoms with van der Waals surface area (Å²) in [7, 11) is 1.70. The molecule has 3 rings (SSSR count). The van der Waals surface area contributed by atoms with E-state index >= 15 is 0 Å². The second-order valence-corrected chi connectivity index (χ2v) is 5.64. The van der Waals surface area contributed by atoms with Crippen molar-refractivity contribution in [3.63, 3.8) is 0 Å². The number of hydrogen-bond acceptors (Lipinski definition) is 2. The van der Waals surface area contributed by atoms with E-state index in [2.05, 4.69) is 66.8 Å². The minimum Gasteiger partial charge on any atom is -0.497 e. The molecule has 0 radical (unpaired) electrons. The Kier molecular flexibility index (Phi) is 4.40. The first kappa shape index (κ1) is 14.6. The fourth-order valence-electron chi connectivity index (χ4n) is 2.68. The molecule has 0 bridgehead atoms. The highest BCUT2D eigenvalue weighted by atomic mass is 16.5. The molecule has 0 aliphatic heterocycles. The minimum atomic E-state index is 0.871. The average molecular weight is 291 g/mol. The van der Waals surface area contributed by atoms with Crippen molar-refractivity contribution in [1.29, 1.82) is 0 Å². The highest BCUT2D eigenvalue weighted by Crippen LogP contribution is 2.21. The van der Waals surface area contributed by atoms with Gasteiger partial charge in [0, 0.05) is 13.1 Å². The highest BCUT2D eigenvalue weighted by Gasteiger charge is 1.99. The monoisotopic (exact) mass is 291 g/mol. The SMILES string of the molecule is COc1ccc2cc(CNCc3cccc(C)c3)ccc2c1. The maximum atomic E-state index is 5.26. The summed E-state index contributed by atoms with van der Waals surface area (Å²) in [6, 6.07) is 21.4. The lowest BCUT2D eigenvalue weighted by Crippen LogP contribution is -2.12. The van der Waals surface area contributed by atoms with E-state index in [9.17, 15) is 0 Å². The number of methoxy groups -OCH3 is 1. The summed E-state index contributed by atoms with van der Waals surface area (Å²) in [6.45, 7) is 3.89. The molecule has 22 heavy (non-hydrogen) atoms. The summed E-state index contributed by atoms with van der Waals surface area (Å²) in [6.07, 6.45) is 0. The van der Waals surface area contributed by atoms with E-state index in [1.54, 1.807) is 7.11 Å². The molecule has 0 saturated heterocycles. The van der Waals surface area contributed by atoms with E-state index in [4.69, 9.17) is 4.74 Å². The molecular formula is C20H21NO. The number of rotatable bonds is 5. The van der Waals surface area contributed by atoms with Gasteiger partial charge in [-0.25, -0.2) is 0 Å². The first-order valence-electron chi connectivity index (χ1n) is 7.57. The van der Waals surface area contributed by atoms with Gasteiger partial charge in [-0.2, -0.15) is 0 Å². The van der Waals surface area contributed by atoms with Crippen molar-refractivity contribution in [3.05, 3.63) is 77.4 Å². The van der Waals surface area contributed by atoms with Crippen molar-refractivity contribution in [2.75, 3.05) is 7.11 Å². The molecule has 0 fully saturated rings. The molecule has 112 valence electrons. The molecule has 2 nitrogen and oxygen atoms in total. The molecule has 0 amide bonds. The lowest BCUT2D eigenvalue weighted by Gasteiger charge is -2.08. The van der Waals surface area contributed by atoms with E-state index in [0.29, 0.717) is 0 Å². The van der Waals surface area contributed by atoms with E-state index in [1.807, 2.05) is 6.07 Å². The van der Waals surface area contributed by atoms with Crippen molar-refractivity contribution in [3.8, 4) is 5.75 Å². The Labute approximate surface area is 131 Å². The minimum absolute atomic E-state index is 0.871. The number of benzene rings is 3. The van der Waals surface area contributed by atoms with Crippen LogP contribution in [0.2, 0.25) is 0 Å². The first-order valence-corrected chi connectivity index (χ1v) is 7.57. The van der Waals surface area contributed by atoms with Crippen LogP contribution in [-0.2, 0) is 13.1 Å². The van der Waals surface area contributed by atoms with Gasteiger partial charge in [-0.15, -0.1) is 0 Å². The first-order chi connectivity index (χ1) is 10.7. The van der Waals surface area contributed by atoms with Crippen LogP contribution in [0.3, 0.4) is 0 Å². The zero-order valence-corrected chi connectivity index (χ0v) is 13.1. The predicted octanol–water partition coefficient (Wildman–Crippen LogP) is 4.45. The molecule has 1 N–H and O–H groups in total. The van der Waals surface area contributed by atoms with Gasteiger partial charge in [-0.3, -0.25) is 0 Å². The Morgan fingerprint density at radius 1 is 0.818 bits per heavy atom. The molecule has 0 spiro atoms. The van der Waals surface area contributed by atoms with Gasteiger partial charge in [0.1, 0.15) is 5.75 Å². The van der Waals surface area contributed by atoms with E-state index < -0.39 is 0 Å². The second kappa shape index (κ2) is 6.63. The van der Waals surface area contributed by atoms with E-state index in [-0.39, 0.29) is 0 Å². The number of aryl methyl sites for hydroxylation is 1.